The van der Waals surface area contributed by atoms with Gasteiger partial charge in [0.25, 0.3) is 0 Å². The van der Waals surface area contributed by atoms with Crippen LogP contribution in [0, 0.1) is 6.92 Å². The summed E-state index contributed by atoms with van der Waals surface area (Å²) >= 11 is 9.72. The lowest BCUT2D eigenvalue weighted by atomic mass is 10.1. The molecular weight excluding hydrogens is 448 g/mol. The number of fused-ring (bicyclic) bond motifs is 1. The molecule has 0 spiro atoms. The zero-order valence-electron chi connectivity index (χ0n) is 18.1. The van der Waals surface area contributed by atoms with Crippen molar-refractivity contribution in [2.45, 2.75) is 56.3 Å². The number of aryl methyl sites for hydroxylation is 1. The van der Waals surface area contributed by atoms with Crippen LogP contribution < -0.4 is 4.90 Å². The van der Waals surface area contributed by atoms with Crippen molar-refractivity contribution in [1.82, 2.24) is 4.98 Å². The molecule has 1 fully saturated rings. The van der Waals surface area contributed by atoms with Crippen LogP contribution in [0.25, 0.3) is 10.2 Å². The Bertz CT molecular complexity index is 1020. The second-order valence-electron chi connectivity index (χ2n) is 8.17. The van der Waals surface area contributed by atoms with Crippen molar-refractivity contribution < 1.29 is 9.53 Å². The van der Waals surface area contributed by atoms with Gasteiger partial charge in [0, 0.05) is 16.8 Å². The van der Waals surface area contributed by atoms with E-state index in [4.69, 9.17) is 21.3 Å². The highest BCUT2D eigenvalue weighted by Crippen LogP contribution is 2.36. The molecule has 31 heavy (non-hydrogen) atoms. The number of thioether (sulfide) groups is 1. The standard InChI is InChI=1S/C24H27ClN2O2S2/c1-15(2)30-19-9-7-17(8-10-19)13-21(28)27(14-18-5-4-12-29-18)24-26-22-16(3)6-11-20(25)23(22)31-24/h6-11,15,18H,4-5,12-14H2,1-3H3. The summed E-state index contributed by atoms with van der Waals surface area (Å²) in [6, 6.07) is 12.1. The summed E-state index contributed by atoms with van der Waals surface area (Å²) < 4.78 is 6.76. The fourth-order valence-electron chi connectivity index (χ4n) is 3.71. The molecule has 0 bridgehead atoms. The second-order valence-corrected chi connectivity index (χ2v) is 11.2. The molecule has 3 aromatic rings. The Morgan fingerprint density at radius 2 is 2.06 bits per heavy atom. The van der Waals surface area contributed by atoms with Gasteiger partial charge >= 0.3 is 0 Å². The Hall–Kier alpha value is -1.60. The number of carbonyl (C=O) groups excluding carboxylic acids is 1. The van der Waals surface area contributed by atoms with E-state index in [1.165, 1.54) is 16.2 Å². The molecule has 0 N–H and O–H groups in total. The highest BCUT2D eigenvalue weighted by molar-refractivity contribution is 7.99. The normalized spacial score (nSPS) is 16.4. The number of hydrogen-bond donors (Lipinski definition) is 0. The molecule has 7 heteroatoms. The van der Waals surface area contributed by atoms with Crippen LogP contribution in [0.15, 0.2) is 41.3 Å². The van der Waals surface area contributed by atoms with E-state index in [0.29, 0.717) is 28.4 Å². The molecular formula is C24H27ClN2O2S2. The smallest absolute Gasteiger partial charge is 0.233 e. The van der Waals surface area contributed by atoms with Gasteiger partial charge in [-0.2, -0.15) is 0 Å². The zero-order valence-corrected chi connectivity index (χ0v) is 20.4. The van der Waals surface area contributed by atoms with Crippen molar-refractivity contribution in [2.24, 2.45) is 0 Å². The third-order valence-electron chi connectivity index (χ3n) is 5.28. The Balaban J connectivity index is 1.59. The quantitative estimate of drug-likeness (QED) is 0.366. The average Bonchev–Trinajstić information content (AvgIpc) is 3.40. The van der Waals surface area contributed by atoms with E-state index < -0.39 is 0 Å². The minimum absolute atomic E-state index is 0.0348. The lowest BCUT2D eigenvalue weighted by Crippen LogP contribution is -2.38. The van der Waals surface area contributed by atoms with Crippen molar-refractivity contribution in [3.8, 4) is 0 Å². The van der Waals surface area contributed by atoms with Gasteiger partial charge in [-0.05, 0) is 49.1 Å². The Kier molecular flexibility index (Phi) is 7.22. The van der Waals surface area contributed by atoms with E-state index in [-0.39, 0.29) is 12.0 Å². The molecule has 0 aliphatic carbocycles. The summed E-state index contributed by atoms with van der Waals surface area (Å²) in [6.07, 6.45) is 2.39. The van der Waals surface area contributed by atoms with Crippen LogP contribution in [0.1, 0.15) is 37.8 Å². The van der Waals surface area contributed by atoms with Crippen LogP contribution in [0.5, 0.6) is 0 Å². The molecule has 4 rings (SSSR count). The van der Waals surface area contributed by atoms with E-state index in [1.807, 2.05) is 43.0 Å². The number of carbonyl (C=O) groups is 1. The van der Waals surface area contributed by atoms with Crippen molar-refractivity contribution in [3.05, 3.63) is 52.5 Å². The first-order chi connectivity index (χ1) is 14.9. The minimum atomic E-state index is 0.0348. The maximum absolute atomic E-state index is 13.4. The third-order valence-corrected chi connectivity index (χ3v) is 7.83. The fourth-order valence-corrected chi connectivity index (χ4v) is 5.89. The molecule has 1 saturated heterocycles. The van der Waals surface area contributed by atoms with Gasteiger partial charge in [0.1, 0.15) is 0 Å². The molecule has 1 unspecified atom stereocenters. The van der Waals surface area contributed by atoms with Gasteiger partial charge in [0.05, 0.1) is 34.3 Å². The molecule has 0 saturated carbocycles. The van der Waals surface area contributed by atoms with Gasteiger partial charge in [-0.1, -0.05) is 55.0 Å². The predicted octanol–water partition coefficient (Wildman–Crippen LogP) is 6.51. The number of anilines is 1. The Morgan fingerprint density at radius 3 is 2.71 bits per heavy atom. The van der Waals surface area contributed by atoms with E-state index in [2.05, 4.69) is 26.0 Å². The van der Waals surface area contributed by atoms with Gasteiger partial charge in [-0.15, -0.1) is 11.8 Å². The molecule has 0 radical (unpaired) electrons. The first-order valence-electron chi connectivity index (χ1n) is 10.6. The number of amides is 1. The van der Waals surface area contributed by atoms with Crippen LogP contribution in [0.2, 0.25) is 5.02 Å². The van der Waals surface area contributed by atoms with Crippen LogP contribution in [-0.4, -0.2) is 35.4 Å². The maximum Gasteiger partial charge on any atom is 0.233 e. The van der Waals surface area contributed by atoms with E-state index >= 15 is 0 Å². The number of halogens is 1. The van der Waals surface area contributed by atoms with Crippen LogP contribution in [0.3, 0.4) is 0 Å². The summed E-state index contributed by atoms with van der Waals surface area (Å²) in [5.74, 6) is 0.0348. The molecule has 1 aliphatic rings. The van der Waals surface area contributed by atoms with Crippen molar-refractivity contribution in [3.63, 3.8) is 0 Å². The molecule has 4 nitrogen and oxygen atoms in total. The second kappa shape index (κ2) is 9.90. The molecule has 2 heterocycles. The van der Waals surface area contributed by atoms with Gasteiger partial charge in [0.15, 0.2) is 5.13 Å². The minimum Gasteiger partial charge on any atom is -0.376 e. The number of rotatable bonds is 7. The van der Waals surface area contributed by atoms with Crippen molar-refractivity contribution in [2.75, 3.05) is 18.1 Å². The molecule has 1 aliphatic heterocycles. The molecule has 164 valence electrons. The van der Waals surface area contributed by atoms with Crippen molar-refractivity contribution >= 4 is 56.0 Å². The van der Waals surface area contributed by atoms with Crippen molar-refractivity contribution in [1.29, 1.82) is 0 Å². The first-order valence-corrected chi connectivity index (χ1v) is 12.7. The monoisotopic (exact) mass is 474 g/mol. The summed E-state index contributed by atoms with van der Waals surface area (Å²) in [5, 5.41) is 1.90. The number of nitrogens with zero attached hydrogens (tertiary/aromatic N) is 2. The summed E-state index contributed by atoms with van der Waals surface area (Å²) in [5.41, 5.74) is 2.93. The molecule has 1 aromatic heterocycles. The van der Waals surface area contributed by atoms with Gasteiger partial charge in [0.2, 0.25) is 5.91 Å². The van der Waals surface area contributed by atoms with Gasteiger partial charge in [-0.25, -0.2) is 4.98 Å². The zero-order chi connectivity index (χ0) is 22.0. The largest absolute Gasteiger partial charge is 0.376 e. The lowest BCUT2D eigenvalue weighted by molar-refractivity contribution is -0.118. The average molecular weight is 475 g/mol. The number of benzene rings is 2. The van der Waals surface area contributed by atoms with Gasteiger partial charge < -0.3 is 4.74 Å². The topological polar surface area (TPSA) is 42.4 Å². The maximum atomic E-state index is 13.4. The van der Waals surface area contributed by atoms with E-state index in [1.54, 1.807) is 4.90 Å². The van der Waals surface area contributed by atoms with E-state index in [0.717, 1.165) is 40.8 Å². The summed E-state index contributed by atoms with van der Waals surface area (Å²) in [4.78, 5) is 21.2. The highest BCUT2D eigenvalue weighted by atomic mass is 35.5. The first kappa shape index (κ1) is 22.6. The summed E-state index contributed by atoms with van der Waals surface area (Å²) in [6.45, 7) is 7.66. The Labute approximate surface area is 196 Å². The number of aromatic nitrogens is 1. The van der Waals surface area contributed by atoms with Crippen LogP contribution >= 0.6 is 34.7 Å². The molecule has 2 aromatic carbocycles. The lowest BCUT2D eigenvalue weighted by Gasteiger charge is -2.23. The molecule has 1 atom stereocenters. The Morgan fingerprint density at radius 1 is 1.29 bits per heavy atom. The van der Waals surface area contributed by atoms with E-state index in [9.17, 15) is 4.79 Å². The molecule has 1 amide bonds. The van der Waals surface area contributed by atoms with Crippen LogP contribution in [-0.2, 0) is 16.0 Å². The third kappa shape index (κ3) is 5.43. The number of thiazole rings is 1. The number of hydrogen-bond acceptors (Lipinski definition) is 5. The van der Waals surface area contributed by atoms with Gasteiger partial charge in [-0.3, -0.25) is 9.69 Å². The highest BCUT2D eigenvalue weighted by Gasteiger charge is 2.27. The fraction of sp³-hybridized carbons (Fsp3) is 0.417. The van der Waals surface area contributed by atoms with Crippen LogP contribution in [0.4, 0.5) is 5.13 Å². The SMILES string of the molecule is Cc1ccc(Cl)c2sc(N(CC3CCCO3)C(=O)Cc3ccc(SC(C)C)cc3)nc12. The summed E-state index contributed by atoms with van der Waals surface area (Å²) in [7, 11) is 0. The number of ether oxygens (including phenoxy) is 1. The predicted molar refractivity (Wildman–Crippen MR) is 132 cm³/mol.